The highest BCUT2D eigenvalue weighted by Crippen LogP contribution is 2.30. The van der Waals surface area contributed by atoms with E-state index in [1.54, 1.807) is 12.1 Å². The van der Waals surface area contributed by atoms with Crippen LogP contribution in [0.1, 0.15) is 25.0 Å². The fourth-order valence-electron chi connectivity index (χ4n) is 1.12. The monoisotopic (exact) mass is 254 g/mol. The molecule has 0 fully saturated rings. The van der Waals surface area contributed by atoms with Crippen LogP contribution in [0.5, 0.6) is 0 Å². The molecule has 0 saturated heterocycles. The molecule has 0 heterocycles. The van der Waals surface area contributed by atoms with Crippen LogP contribution < -0.4 is 5.90 Å². The topological polar surface area (TPSA) is 59.0 Å². The van der Waals surface area contributed by atoms with Crippen LogP contribution in [0, 0.1) is 11.3 Å². The van der Waals surface area contributed by atoms with Crippen LogP contribution in [0.25, 0.3) is 0 Å². The van der Waals surface area contributed by atoms with Crippen LogP contribution in [0.15, 0.2) is 22.7 Å². The van der Waals surface area contributed by atoms with Gasteiger partial charge in [0.25, 0.3) is 0 Å². The van der Waals surface area contributed by atoms with E-state index < -0.39 is 5.60 Å². The Kier molecular flexibility index (Phi) is 3.27. The molecule has 0 aliphatic rings. The Morgan fingerprint density at radius 2 is 2.14 bits per heavy atom. The molecule has 3 nitrogen and oxygen atoms in total. The van der Waals surface area contributed by atoms with Gasteiger partial charge in [0, 0.05) is 10.0 Å². The van der Waals surface area contributed by atoms with Crippen molar-refractivity contribution in [2.45, 2.75) is 19.4 Å². The average molecular weight is 255 g/mol. The Morgan fingerprint density at radius 1 is 1.50 bits per heavy atom. The lowest BCUT2D eigenvalue weighted by Gasteiger charge is -2.23. The molecule has 0 aliphatic heterocycles. The van der Waals surface area contributed by atoms with E-state index in [1.165, 1.54) is 0 Å². The Bertz CT molecular complexity index is 382. The number of nitrogens with two attached hydrogens (primary N) is 1. The van der Waals surface area contributed by atoms with E-state index in [0.29, 0.717) is 5.56 Å². The lowest BCUT2D eigenvalue weighted by Crippen LogP contribution is -2.25. The van der Waals surface area contributed by atoms with Crippen molar-refractivity contribution in [2.75, 3.05) is 0 Å². The minimum absolute atomic E-state index is 0.591. The van der Waals surface area contributed by atoms with Crippen molar-refractivity contribution in [2.24, 2.45) is 5.90 Å². The van der Waals surface area contributed by atoms with E-state index in [4.69, 9.17) is 16.0 Å². The largest absolute Gasteiger partial charge is 0.294 e. The maximum absolute atomic E-state index is 8.75. The summed E-state index contributed by atoms with van der Waals surface area (Å²) in [6.07, 6.45) is 0. The number of halogens is 1. The Labute approximate surface area is 91.6 Å². The molecule has 0 bridgehead atoms. The fourth-order valence-corrected chi connectivity index (χ4v) is 1.84. The summed E-state index contributed by atoms with van der Waals surface area (Å²) in [7, 11) is 0. The Morgan fingerprint density at radius 3 is 2.64 bits per heavy atom. The molecule has 0 radical (unpaired) electrons. The van der Waals surface area contributed by atoms with Gasteiger partial charge in [-0.15, -0.1) is 0 Å². The summed E-state index contributed by atoms with van der Waals surface area (Å²) < 4.78 is 0.881. The third-order valence-corrected chi connectivity index (χ3v) is 2.73. The van der Waals surface area contributed by atoms with Gasteiger partial charge in [0.05, 0.1) is 11.6 Å². The number of rotatable bonds is 2. The van der Waals surface area contributed by atoms with Gasteiger partial charge in [0.2, 0.25) is 0 Å². The van der Waals surface area contributed by atoms with E-state index in [9.17, 15) is 0 Å². The highest BCUT2D eigenvalue weighted by molar-refractivity contribution is 9.10. The van der Waals surface area contributed by atoms with Crippen molar-refractivity contribution >= 4 is 15.9 Å². The molecule has 0 amide bonds. The van der Waals surface area contributed by atoms with E-state index in [2.05, 4.69) is 22.0 Å². The molecule has 1 rings (SSSR count). The van der Waals surface area contributed by atoms with Crippen LogP contribution in [0.4, 0.5) is 0 Å². The first kappa shape index (κ1) is 11.2. The summed E-state index contributed by atoms with van der Waals surface area (Å²) in [5, 5.41) is 8.75. The van der Waals surface area contributed by atoms with Crippen LogP contribution in [-0.4, -0.2) is 0 Å². The first-order valence-corrected chi connectivity index (χ1v) is 4.88. The van der Waals surface area contributed by atoms with Crippen molar-refractivity contribution in [3.63, 3.8) is 0 Å². The molecule has 0 spiro atoms. The molecule has 1 aromatic carbocycles. The van der Waals surface area contributed by atoms with Crippen LogP contribution in [-0.2, 0) is 10.4 Å². The van der Waals surface area contributed by atoms with Gasteiger partial charge in [0.1, 0.15) is 5.60 Å². The van der Waals surface area contributed by atoms with E-state index in [-0.39, 0.29) is 0 Å². The number of benzene rings is 1. The van der Waals surface area contributed by atoms with Gasteiger partial charge in [-0.1, -0.05) is 15.9 Å². The molecule has 0 atom stereocenters. The minimum Gasteiger partial charge on any atom is -0.294 e. The summed E-state index contributed by atoms with van der Waals surface area (Å²) in [6.45, 7) is 3.68. The summed E-state index contributed by atoms with van der Waals surface area (Å²) in [4.78, 5) is 4.86. The molecule has 0 aromatic heterocycles. The number of nitrogens with zero attached hydrogens (tertiary/aromatic N) is 1. The van der Waals surface area contributed by atoms with Gasteiger partial charge in [-0.2, -0.15) is 5.26 Å². The number of hydrogen-bond acceptors (Lipinski definition) is 3. The Hall–Kier alpha value is -0.890. The second kappa shape index (κ2) is 4.09. The van der Waals surface area contributed by atoms with Crippen LogP contribution >= 0.6 is 15.9 Å². The van der Waals surface area contributed by atoms with E-state index in [0.717, 1.165) is 10.0 Å². The molecule has 14 heavy (non-hydrogen) atoms. The SMILES string of the molecule is CC(C)(ON)c1cc(C#N)ccc1Br. The van der Waals surface area contributed by atoms with Crippen molar-refractivity contribution in [3.05, 3.63) is 33.8 Å². The molecular weight excluding hydrogens is 244 g/mol. The fraction of sp³-hybridized carbons (Fsp3) is 0.300. The molecule has 74 valence electrons. The number of nitriles is 1. The minimum atomic E-state index is -0.605. The average Bonchev–Trinajstić information content (AvgIpc) is 2.18. The second-order valence-corrected chi connectivity index (χ2v) is 4.29. The van der Waals surface area contributed by atoms with Gasteiger partial charge in [0.15, 0.2) is 0 Å². The van der Waals surface area contributed by atoms with Crippen molar-refractivity contribution in [3.8, 4) is 6.07 Å². The highest BCUT2D eigenvalue weighted by atomic mass is 79.9. The predicted molar refractivity (Wildman–Crippen MR) is 57.2 cm³/mol. The molecule has 0 unspecified atom stereocenters. The zero-order chi connectivity index (χ0) is 10.8. The predicted octanol–water partition coefficient (Wildman–Crippen LogP) is 2.45. The van der Waals surface area contributed by atoms with Crippen molar-refractivity contribution < 1.29 is 4.84 Å². The van der Waals surface area contributed by atoms with Gasteiger partial charge in [-0.3, -0.25) is 4.84 Å². The molecule has 1 aromatic rings. The van der Waals surface area contributed by atoms with Crippen LogP contribution in [0.3, 0.4) is 0 Å². The second-order valence-electron chi connectivity index (χ2n) is 3.43. The Balaban J connectivity index is 3.27. The van der Waals surface area contributed by atoms with Gasteiger partial charge >= 0.3 is 0 Å². The molecule has 0 saturated carbocycles. The highest BCUT2D eigenvalue weighted by Gasteiger charge is 2.23. The normalized spacial score (nSPS) is 11.1. The third-order valence-electron chi connectivity index (χ3n) is 2.04. The molecule has 2 N–H and O–H groups in total. The molecule has 4 heteroatoms. The standard InChI is InChI=1S/C10H11BrN2O/c1-10(2,14-13)8-5-7(6-12)3-4-9(8)11/h3-5H,13H2,1-2H3. The maximum Gasteiger partial charge on any atom is 0.110 e. The third kappa shape index (κ3) is 2.13. The van der Waals surface area contributed by atoms with Crippen molar-refractivity contribution in [1.82, 2.24) is 0 Å². The smallest absolute Gasteiger partial charge is 0.110 e. The lowest BCUT2D eigenvalue weighted by atomic mass is 9.97. The zero-order valence-corrected chi connectivity index (χ0v) is 9.63. The van der Waals surface area contributed by atoms with E-state index in [1.807, 2.05) is 19.9 Å². The zero-order valence-electron chi connectivity index (χ0n) is 8.04. The van der Waals surface area contributed by atoms with Crippen molar-refractivity contribution in [1.29, 1.82) is 5.26 Å². The summed E-state index contributed by atoms with van der Waals surface area (Å²) in [5.41, 5.74) is 0.846. The first-order chi connectivity index (χ1) is 6.51. The first-order valence-electron chi connectivity index (χ1n) is 4.09. The molecular formula is C10H11BrN2O. The summed E-state index contributed by atoms with van der Waals surface area (Å²) in [6, 6.07) is 7.38. The molecule has 0 aliphatic carbocycles. The summed E-state index contributed by atoms with van der Waals surface area (Å²) >= 11 is 3.39. The van der Waals surface area contributed by atoms with Gasteiger partial charge in [-0.25, -0.2) is 5.90 Å². The number of hydrogen-bond donors (Lipinski definition) is 1. The lowest BCUT2D eigenvalue weighted by molar-refractivity contribution is -0.0241. The van der Waals surface area contributed by atoms with Gasteiger partial charge < -0.3 is 0 Å². The van der Waals surface area contributed by atoms with E-state index >= 15 is 0 Å². The van der Waals surface area contributed by atoms with Gasteiger partial charge in [-0.05, 0) is 32.0 Å². The maximum atomic E-state index is 8.75. The summed E-state index contributed by atoms with van der Waals surface area (Å²) in [5.74, 6) is 5.19. The quantitative estimate of drug-likeness (QED) is 0.825. The van der Waals surface area contributed by atoms with Crippen LogP contribution in [0.2, 0.25) is 0 Å².